The first-order valence-electron chi connectivity index (χ1n) is 10.3. The van der Waals surface area contributed by atoms with E-state index in [-0.39, 0.29) is 22.4 Å². The fourth-order valence-electron chi connectivity index (χ4n) is 4.12. The van der Waals surface area contributed by atoms with Crippen LogP contribution in [-0.2, 0) is 6.54 Å². The molecule has 1 aliphatic carbocycles. The van der Waals surface area contributed by atoms with Crippen molar-refractivity contribution in [3.63, 3.8) is 0 Å². The van der Waals surface area contributed by atoms with Crippen molar-refractivity contribution in [3.05, 3.63) is 68.0 Å². The molecule has 0 fully saturated rings. The topological polar surface area (TPSA) is 103 Å². The molecule has 1 aromatic heterocycles. The van der Waals surface area contributed by atoms with Crippen LogP contribution in [0.5, 0.6) is 5.75 Å². The smallest absolute Gasteiger partial charge is 0.270 e. The molecule has 1 aliphatic rings. The summed E-state index contributed by atoms with van der Waals surface area (Å²) in [5, 5.41) is 15.2. The quantitative estimate of drug-likeness (QED) is 0.265. The zero-order valence-electron chi connectivity index (χ0n) is 17.4. The molecule has 3 aromatic rings. The summed E-state index contributed by atoms with van der Waals surface area (Å²) in [6, 6.07) is 9.33. The van der Waals surface area contributed by atoms with E-state index in [2.05, 4.69) is 12.2 Å². The molecule has 1 heterocycles. The summed E-state index contributed by atoms with van der Waals surface area (Å²) in [5.41, 5.74) is 1.63. The predicted molar refractivity (Wildman–Crippen MR) is 118 cm³/mol. The maximum atomic E-state index is 13.4. The summed E-state index contributed by atoms with van der Waals surface area (Å²) in [6.07, 6.45) is 1.70. The lowest BCUT2D eigenvalue weighted by Crippen LogP contribution is -2.26. The van der Waals surface area contributed by atoms with Crippen LogP contribution in [0.2, 0.25) is 0 Å². The van der Waals surface area contributed by atoms with Gasteiger partial charge >= 0.3 is 0 Å². The van der Waals surface area contributed by atoms with E-state index in [1.807, 2.05) is 0 Å². The minimum atomic E-state index is -0.535. The minimum Gasteiger partial charge on any atom is -0.497 e. The molecule has 8 nitrogen and oxygen atoms in total. The average molecular weight is 421 g/mol. The number of nitrogens with zero attached hydrogens (tertiary/aromatic N) is 2. The van der Waals surface area contributed by atoms with Crippen molar-refractivity contribution >= 4 is 22.2 Å². The van der Waals surface area contributed by atoms with Gasteiger partial charge in [0.05, 0.1) is 28.7 Å². The number of aromatic nitrogens is 1. The molecule has 0 bridgehead atoms. The molecule has 8 heteroatoms. The zero-order valence-corrected chi connectivity index (χ0v) is 17.4. The lowest BCUT2D eigenvalue weighted by atomic mass is 10.0. The van der Waals surface area contributed by atoms with Crippen molar-refractivity contribution in [2.24, 2.45) is 0 Å². The second-order valence-electron chi connectivity index (χ2n) is 7.51. The Bertz CT molecular complexity index is 1260. The summed E-state index contributed by atoms with van der Waals surface area (Å²) in [5.74, 6) is 0.345. The Morgan fingerprint density at radius 1 is 1.06 bits per heavy atom. The number of hydrogen-bond donors (Lipinski definition) is 1. The maximum absolute atomic E-state index is 13.4. The van der Waals surface area contributed by atoms with E-state index in [0.717, 1.165) is 19.5 Å². The lowest BCUT2D eigenvalue weighted by molar-refractivity contribution is -0.384. The van der Waals surface area contributed by atoms with Gasteiger partial charge in [0.15, 0.2) is 5.78 Å². The van der Waals surface area contributed by atoms with Crippen LogP contribution in [0.1, 0.15) is 35.7 Å². The van der Waals surface area contributed by atoms with Gasteiger partial charge in [-0.3, -0.25) is 19.7 Å². The number of carbonyl (C=O) groups is 1. The molecule has 2 aromatic carbocycles. The number of ketones is 1. The molecule has 4 rings (SSSR count). The van der Waals surface area contributed by atoms with Crippen LogP contribution in [0.4, 0.5) is 5.69 Å². The molecule has 0 radical (unpaired) electrons. The van der Waals surface area contributed by atoms with Crippen molar-refractivity contribution in [3.8, 4) is 17.0 Å². The largest absolute Gasteiger partial charge is 0.497 e. The first-order valence-corrected chi connectivity index (χ1v) is 10.3. The van der Waals surface area contributed by atoms with Crippen molar-refractivity contribution in [1.29, 1.82) is 0 Å². The predicted octanol–water partition coefficient (Wildman–Crippen LogP) is 3.52. The summed E-state index contributed by atoms with van der Waals surface area (Å²) in [7, 11) is 1.53. The van der Waals surface area contributed by atoms with Gasteiger partial charge in [-0.05, 0) is 50.2 Å². The van der Waals surface area contributed by atoms with Gasteiger partial charge in [0.1, 0.15) is 5.75 Å². The molecule has 31 heavy (non-hydrogen) atoms. The van der Waals surface area contributed by atoms with Crippen LogP contribution < -0.4 is 15.6 Å². The van der Waals surface area contributed by atoms with Gasteiger partial charge < -0.3 is 14.6 Å². The Labute approximate surface area is 178 Å². The third-order valence-electron chi connectivity index (χ3n) is 5.58. The molecule has 1 N–H and O–H groups in total. The molecular weight excluding hydrogens is 398 g/mol. The Kier molecular flexibility index (Phi) is 5.56. The van der Waals surface area contributed by atoms with Gasteiger partial charge in [-0.15, -0.1) is 0 Å². The Morgan fingerprint density at radius 3 is 2.58 bits per heavy atom. The van der Waals surface area contributed by atoms with Crippen LogP contribution in [0, 0.1) is 10.1 Å². The van der Waals surface area contributed by atoms with Gasteiger partial charge in [-0.2, -0.15) is 0 Å². The van der Waals surface area contributed by atoms with Gasteiger partial charge in [0.2, 0.25) is 0 Å². The number of hydrogen-bond acceptors (Lipinski definition) is 6. The van der Waals surface area contributed by atoms with E-state index in [1.54, 1.807) is 22.8 Å². The SMILES string of the molecule is CCCNCCCn1c2c(c3ccc([N+](=O)[O-])cc3c1=O)C(=O)c1cc(OC)ccc1-2. The van der Waals surface area contributed by atoms with E-state index < -0.39 is 4.92 Å². The van der Waals surface area contributed by atoms with Gasteiger partial charge in [0.25, 0.3) is 11.2 Å². The van der Waals surface area contributed by atoms with E-state index in [0.29, 0.717) is 46.5 Å². The van der Waals surface area contributed by atoms with Crippen molar-refractivity contribution in [2.75, 3.05) is 20.2 Å². The first-order chi connectivity index (χ1) is 15.0. The van der Waals surface area contributed by atoms with Crippen LogP contribution in [-0.4, -0.2) is 35.5 Å². The number of non-ortho nitro benzene ring substituents is 1. The molecular formula is C23H23N3O5. The fraction of sp³-hybridized carbons (Fsp3) is 0.304. The van der Waals surface area contributed by atoms with E-state index in [1.165, 1.54) is 25.3 Å². The number of rotatable bonds is 8. The average Bonchev–Trinajstić information content (AvgIpc) is 3.07. The summed E-state index contributed by atoms with van der Waals surface area (Å²) in [6.45, 7) is 4.09. The molecule has 0 spiro atoms. The van der Waals surface area contributed by atoms with Crippen LogP contribution in [0.3, 0.4) is 0 Å². The summed E-state index contributed by atoms with van der Waals surface area (Å²) < 4.78 is 6.86. The fourth-order valence-corrected chi connectivity index (χ4v) is 4.12. The van der Waals surface area contributed by atoms with E-state index in [4.69, 9.17) is 4.74 Å². The number of methoxy groups -OCH3 is 1. The third kappa shape index (κ3) is 3.48. The van der Waals surface area contributed by atoms with E-state index in [9.17, 15) is 19.7 Å². The molecule has 0 aliphatic heterocycles. The monoisotopic (exact) mass is 421 g/mol. The lowest BCUT2D eigenvalue weighted by Gasteiger charge is -2.15. The molecule has 0 unspecified atom stereocenters. The van der Waals surface area contributed by atoms with Gasteiger partial charge in [-0.25, -0.2) is 0 Å². The zero-order chi connectivity index (χ0) is 22.1. The van der Waals surface area contributed by atoms with E-state index >= 15 is 0 Å². The van der Waals surface area contributed by atoms with Crippen molar-refractivity contribution in [2.45, 2.75) is 26.3 Å². The minimum absolute atomic E-state index is 0.176. The third-order valence-corrected chi connectivity index (χ3v) is 5.58. The molecule has 0 saturated carbocycles. The Hall–Kier alpha value is -3.52. The van der Waals surface area contributed by atoms with Gasteiger partial charge in [0, 0.05) is 35.2 Å². The molecule has 0 atom stereocenters. The number of nitro groups is 1. The number of carbonyl (C=O) groups excluding carboxylic acids is 1. The highest BCUT2D eigenvalue weighted by Gasteiger charge is 2.33. The summed E-state index contributed by atoms with van der Waals surface area (Å²) >= 11 is 0. The highest BCUT2D eigenvalue weighted by Crippen LogP contribution is 2.41. The molecule has 0 amide bonds. The number of nitro benzene ring substituents is 1. The Morgan fingerprint density at radius 2 is 1.87 bits per heavy atom. The normalized spacial score (nSPS) is 12.1. The second-order valence-corrected chi connectivity index (χ2v) is 7.51. The van der Waals surface area contributed by atoms with Crippen LogP contribution >= 0.6 is 0 Å². The second kappa shape index (κ2) is 8.31. The number of pyridine rings is 1. The Balaban J connectivity index is 1.93. The number of benzene rings is 2. The number of nitrogens with one attached hydrogen (secondary N) is 1. The maximum Gasteiger partial charge on any atom is 0.270 e. The molecule has 0 saturated heterocycles. The van der Waals surface area contributed by atoms with Crippen LogP contribution in [0.15, 0.2) is 41.2 Å². The standard InChI is InChI=1S/C23H23N3O5/c1-3-9-24-10-4-11-25-21-17-8-6-15(31-2)13-18(17)22(27)20(21)16-7-5-14(26(29)30)12-19(16)23(25)28/h5-8,12-13,24H,3-4,9-11H2,1-2H3. The van der Waals surface area contributed by atoms with Crippen molar-refractivity contribution in [1.82, 2.24) is 9.88 Å². The van der Waals surface area contributed by atoms with Crippen molar-refractivity contribution < 1.29 is 14.5 Å². The van der Waals surface area contributed by atoms with Gasteiger partial charge in [-0.1, -0.05) is 6.92 Å². The molecule has 160 valence electrons. The van der Waals surface area contributed by atoms with Crippen LogP contribution in [0.25, 0.3) is 22.0 Å². The number of ether oxygens (including phenoxy) is 1. The highest BCUT2D eigenvalue weighted by atomic mass is 16.6. The first kappa shape index (κ1) is 20.7. The summed E-state index contributed by atoms with van der Waals surface area (Å²) in [4.78, 5) is 37.5. The number of fused-ring (bicyclic) bond motifs is 5. The highest BCUT2D eigenvalue weighted by molar-refractivity contribution is 6.26.